The van der Waals surface area contributed by atoms with Crippen LogP contribution in [0.1, 0.15) is 5.56 Å². The number of rotatable bonds is 3. The molecule has 0 heterocycles. The van der Waals surface area contributed by atoms with Gasteiger partial charge in [0.25, 0.3) is 0 Å². The Morgan fingerprint density at radius 3 is 2.00 bits per heavy atom. The van der Waals surface area contributed by atoms with E-state index in [-0.39, 0.29) is 0 Å². The van der Waals surface area contributed by atoms with Crippen LogP contribution in [0, 0.1) is 6.92 Å². The van der Waals surface area contributed by atoms with Gasteiger partial charge in [-0.2, -0.15) is 0 Å². The van der Waals surface area contributed by atoms with E-state index in [1.54, 1.807) is 0 Å². The zero-order chi connectivity index (χ0) is 18.9. The normalized spacial score (nSPS) is 11.0. The Labute approximate surface area is 165 Å². The van der Waals surface area contributed by atoms with E-state index >= 15 is 0 Å². The first kappa shape index (κ1) is 16.6. The van der Waals surface area contributed by atoms with Crippen LogP contribution in [-0.2, 0) is 0 Å². The molecule has 1 nitrogen and oxygen atoms in total. The van der Waals surface area contributed by atoms with Crippen LogP contribution in [0.25, 0.3) is 21.5 Å². The fourth-order valence-electron chi connectivity index (χ4n) is 4.03. The molecule has 0 saturated heterocycles. The molecule has 0 amide bonds. The van der Waals surface area contributed by atoms with E-state index in [1.807, 2.05) is 0 Å². The summed E-state index contributed by atoms with van der Waals surface area (Å²) in [6.45, 7) is 2.18. The molecule has 0 spiro atoms. The predicted molar refractivity (Wildman–Crippen MR) is 121 cm³/mol. The molecule has 1 heteroatoms. The molecule has 0 saturated carbocycles. The van der Waals surface area contributed by atoms with Gasteiger partial charge in [0, 0.05) is 16.8 Å². The molecule has 5 aromatic carbocycles. The van der Waals surface area contributed by atoms with Crippen LogP contribution in [0.5, 0.6) is 0 Å². The molecule has 0 atom stereocenters. The number of para-hydroxylation sites is 2. The molecule has 5 aromatic rings. The number of fused-ring (bicyclic) bond motifs is 3. The molecule has 28 heavy (non-hydrogen) atoms. The second kappa shape index (κ2) is 6.86. The number of hydrogen-bond donors (Lipinski definition) is 0. The largest absolute Gasteiger partial charge is 0.310 e. The number of benzene rings is 5. The summed E-state index contributed by atoms with van der Waals surface area (Å²) in [5, 5.41) is 5.09. The van der Waals surface area contributed by atoms with Gasteiger partial charge in [0.1, 0.15) is 0 Å². The maximum atomic E-state index is 2.38. The van der Waals surface area contributed by atoms with E-state index in [0.29, 0.717) is 0 Å². The Bertz CT molecular complexity index is 1270. The van der Waals surface area contributed by atoms with E-state index in [0.717, 1.165) is 5.69 Å². The van der Waals surface area contributed by atoms with Crippen LogP contribution < -0.4 is 4.90 Å². The van der Waals surface area contributed by atoms with Crippen LogP contribution >= 0.6 is 0 Å². The molecule has 0 aliphatic heterocycles. The van der Waals surface area contributed by atoms with Crippen molar-refractivity contribution in [2.24, 2.45) is 0 Å². The lowest BCUT2D eigenvalue weighted by molar-refractivity contribution is 1.26. The lowest BCUT2D eigenvalue weighted by Crippen LogP contribution is -2.11. The highest BCUT2D eigenvalue weighted by Crippen LogP contribution is 2.42. The minimum Gasteiger partial charge on any atom is -0.310 e. The van der Waals surface area contributed by atoms with E-state index in [4.69, 9.17) is 0 Å². The summed E-state index contributed by atoms with van der Waals surface area (Å²) in [5.74, 6) is 0. The van der Waals surface area contributed by atoms with Gasteiger partial charge < -0.3 is 4.90 Å². The third-order valence-corrected chi connectivity index (χ3v) is 5.36. The highest BCUT2D eigenvalue weighted by atomic mass is 15.1. The summed E-state index contributed by atoms with van der Waals surface area (Å²) in [4.78, 5) is 2.38. The van der Waals surface area contributed by atoms with Crippen molar-refractivity contribution in [3.63, 3.8) is 0 Å². The van der Waals surface area contributed by atoms with Gasteiger partial charge in [0.05, 0.1) is 5.69 Å². The third kappa shape index (κ3) is 2.73. The van der Waals surface area contributed by atoms with Gasteiger partial charge in [-0.15, -0.1) is 0 Å². The van der Waals surface area contributed by atoms with Crippen molar-refractivity contribution < 1.29 is 0 Å². The first-order chi connectivity index (χ1) is 13.8. The minimum atomic E-state index is 1.16. The van der Waals surface area contributed by atoms with Crippen molar-refractivity contribution in [3.05, 3.63) is 115 Å². The SMILES string of the molecule is Cc1ccccc1N(c1ccccc1)c1cccc2ccc3ccccc3c12. The van der Waals surface area contributed by atoms with E-state index in [9.17, 15) is 0 Å². The van der Waals surface area contributed by atoms with Crippen LogP contribution in [0.15, 0.2) is 109 Å². The van der Waals surface area contributed by atoms with Gasteiger partial charge in [-0.1, -0.05) is 84.9 Å². The Balaban J connectivity index is 1.89. The molecule has 5 rings (SSSR count). The fourth-order valence-corrected chi connectivity index (χ4v) is 4.03. The molecule has 0 unspecified atom stereocenters. The molecule has 0 aliphatic carbocycles. The highest BCUT2D eigenvalue weighted by Gasteiger charge is 2.17. The number of nitrogens with zero attached hydrogens (tertiary/aromatic N) is 1. The molecule has 0 aliphatic rings. The fraction of sp³-hybridized carbons (Fsp3) is 0.0370. The Morgan fingerprint density at radius 1 is 0.500 bits per heavy atom. The van der Waals surface area contributed by atoms with E-state index in [2.05, 4.69) is 121 Å². The second-order valence-electron chi connectivity index (χ2n) is 7.12. The van der Waals surface area contributed by atoms with E-state index < -0.39 is 0 Å². The zero-order valence-corrected chi connectivity index (χ0v) is 15.8. The van der Waals surface area contributed by atoms with Crippen LogP contribution in [0.4, 0.5) is 17.1 Å². The summed E-state index contributed by atoms with van der Waals surface area (Å²) in [6.07, 6.45) is 0. The van der Waals surface area contributed by atoms with Crippen molar-refractivity contribution >= 4 is 38.6 Å². The van der Waals surface area contributed by atoms with E-state index in [1.165, 1.54) is 38.5 Å². The van der Waals surface area contributed by atoms with Crippen molar-refractivity contribution in [1.29, 1.82) is 0 Å². The summed E-state index contributed by atoms with van der Waals surface area (Å²) >= 11 is 0. The van der Waals surface area contributed by atoms with Crippen molar-refractivity contribution in [3.8, 4) is 0 Å². The maximum absolute atomic E-state index is 2.38. The highest BCUT2D eigenvalue weighted by molar-refractivity contribution is 6.15. The molecule has 0 radical (unpaired) electrons. The Kier molecular flexibility index (Phi) is 4.06. The molecular formula is C27H21N. The maximum Gasteiger partial charge on any atom is 0.0546 e. The van der Waals surface area contributed by atoms with Gasteiger partial charge in [-0.3, -0.25) is 0 Å². The summed E-state index contributed by atoms with van der Waals surface area (Å²) < 4.78 is 0. The summed E-state index contributed by atoms with van der Waals surface area (Å²) in [7, 11) is 0. The second-order valence-corrected chi connectivity index (χ2v) is 7.12. The van der Waals surface area contributed by atoms with Gasteiger partial charge in [-0.25, -0.2) is 0 Å². The third-order valence-electron chi connectivity index (χ3n) is 5.36. The van der Waals surface area contributed by atoms with Crippen LogP contribution in [0.2, 0.25) is 0 Å². The predicted octanol–water partition coefficient (Wildman–Crippen LogP) is 7.77. The number of anilines is 3. The van der Waals surface area contributed by atoms with Gasteiger partial charge in [0.15, 0.2) is 0 Å². The lowest BCUT2D eigenvalue weighted by Gasteiger charge is -2.28. The molecule has 0 N–H and O–H groups in total. The number of hydrogen-bond acceptors (Lipinski definition) is 1. The molecule has 134 valence electrons. The van der Waals surface area contributed by atoms with Gasteiger partial charge >= 0.3 is 0 Å². The van der Waals surface area contributed by atoms with Crippen molar-refractivity contribution in [2.75, 3.05) is 4.90 Å². The first-order valence-electron chi connectivity index (χ1n) is 9.64. The topological polar surface area (TPSA) is 3.24 Å². The van der Waals surface area contributed by atoms with Crippen molar-refractivity contribution in [1.82, 2.24) is 0 Å². The standard InChI is InChI=1S/C27H21N/c1-20-10-5-8-16-25(20)28(23-13-3-2-4-14-23)26-17-9-12-22-19-18-21-11-6-7-15-24(21)27(22)26/h2-19H,1H3. The average molecular weight is 359 g/mol. The number of aryl methyl sites for hydroxylation is 1. The molecular weight excluding hydrogens is 338 g/mol. The lowest BCUT2D eigenvalue weighted by atomic mass is 9.99. The average Bonchev–Trinajstić information content (AvgIpc) is 2.76. The Hall–Kier alpha value is -3.58. The molecule has 0 aromatic heterocycles. The van der Waals surface area contributed by atoms with Crippen LogP contribution in [0.3, 0.4) is 0 Å². The van der Waals surface area contributed by atoms with Gasteiger partial charge in [0.2, 0.25) is 0 Å². The quantitative estimate of drug-likeness (QED) is 0.297. The molecule has 0 fully saturated rings. The summed E-state index contributed by atoms with van der Waals surface area (Å²) in [5.41, 5.74) is 4.82. The molecule has 0 bridgehead atoms. The summed E-state index contributed by atoms with van der Waals surface area (Å²) in [6, 6.07) is 38.9. The smallest absolute Gasteiger partial charge is 0.0546 e. The van der Waals surface area contributed by atoms with Crippen molar-refractivity contribution in [2.45, 2.75) is 6.92 Å². The minimum absolute atomic E-state index is 1.16. The van der Waals surface area contributed by atoms with Gasteiger partial charge in [-0.05, 0) is 52.9 Å². The zero-order valence-electron chi connectivity index (χ0n) is 15.8. The Morgan fingerprint density at radius 2 is 1.14 bits per heavy atom. The monoisotopic (exact) mass is 359 g/mol. The first-order valence-corrected chi connectivity index (χ1v) is 9.64. The van der Waals surface area contributed by atoms with Crippen LogP contribution in [-0.4, -0.2) is 0 Å².